The molecule has 1 rings (SSSR count). The molecule has 1 aliphatic heterocycles. The van der Waals surface area contributed by atoms with E-state index < -0.39 is 10.4 Å². The molecule has 0 bridgehead atoms. The summed E-state index contributed by atoms with van der Waals surface area (Å²) in [6.07, 6.45) is 3.61. The van der Waals surface area contributed by atoms with Gasteiger partial charge in [0.2, 0.25) is 0 Å². The molecule has 0 saturated carbocycles. The highest BCUT2D eigenvalue weighted by atomic mass is 32.3. The van der Waals surface area contributed by atoms with Crippen molar-refractivity contribution in [2.24, 2.45) is 0 Å². The summed E-state index contributed by atoms with van der Waals surface area (Å²) in [7, 11) is -4.42. The van der Waals surface area contributed by atoms with E-state index in [0.717, 1.165) is 11.4 Å². The highest BCUT2D eigenvalue weighted by Crippen LogP contribution is 2.24. The number of hydrogen-bond acceptors (Lipinski definition) is 9. The van der Waals surface area contributed by atoms with Crippen LogP contribution in [0.4, 0.5) is 0 Å². The maximum atomic E-state index is 10.3. The molecule has 0 fully saturated rings. The predicted octanol–water partition coefficient (Wildman–Crippen LogP) is 1.32. The van der Waals surface area contributed by atoms with E-state index in [9.17, 15) is 8.42 Å². The molecular weight excluding hydrogens is 402 g/mol. The molecule has 0 radical (unpaired) electrons. The topological polar surface area (TPSA) is 142 Å². The first-order valence-electron chi connectivity index (χ1n) is 8.82. The fourth-order valence-corrected chi connectivity index (χ4v) is 2.75. The maximum absolute atomic E-state index is 10.3. The van der Waals surface area contributed by atoms with Crippen molar-refractivity contribution in [3.05, 3.63) is 34.7 Å². The van der Waals surface area contributed by atoms with E-state index in [1.54, 1.807) is 12.2 Å². The van der Waals surface area contributed by atoms with E-state index in [0.29, 0.717) is 38.5 Å². The number of hydrogen-bond donors (Lipinski definition) is 1. The predicted molar refractivity (Wildman–Crippen MR) is 102 cm³/mol. The molecule has 160 valence electrons. The van der Waals surface area contributed by atoms with Crippen molar-refractivity contribution >= 4 is 10.4 Å². The summed E-state index contributed by atoms with van der Waals surface area (Å²) < 4.78 is 49.0. The molecule has 1 aliphatic rings. The molecule has 11 heteroatoms. The van der Waals surface area contributed by atoms with Crippen molar-refractivity contribution in [1.82, 2.24) is 4.90 Å². The van der Waals surface area contributed by atoms with Gasteiger partial charge in [0.15, 0.2) is 0 Å². The van der Waals surface area contributed by atoms with Crippen LogP contribution in [0.3, 0.4) is 0 Å². The van der Waals surface area contributed by atoms with Crippen LogP contribution >= 0.6 is 0 Å². The number of nitrogens with zero attached hydrogens (tertiary/aromatic N) is 3. The van der Waals surface area contributed by atoms with E-state index in [2.05, 4.69) is 4.18 Å². The molecule has 0 atom stereocenters. The molecule has 0 aromatic carbocycles. The van der Waals surface area contributed by atoms with Gasteiger partial charge in [0.1, 0.15) is 17.7 Å². The Kier molecular flexibility index (Phi) is 11.2. The molecular formula is C18H25N3O7S. The van der Waals surface area contributed by atoms with Crippen molar-refractivity contribution in [2.45, 2.75) is 13.8 Å². The van der Waals surface area contributed by atoms with E-state index in [1.807, 2.05) is 30.9 Å². The van der Waals surface area contributed by atoms with Gasteiger partial charge in [-0.1, -0.05) is 0 Å². The summed E-state index contributed by atoms with van der Waals surface area (Å²) >= 11 is 0. The second-order valence-electron chi connectivity index (χ2n) is 5.86. The number of allylic oxidation sites excluding steroid dienone is 6. The Labute approximate surface area is 171 Å². The highest BCUT2D eigenvalue weighted by molar-refractivity contribution is 7.80. The Balaban J connectivity index is 2.14. The van der Waals surface area contributed by atoms with Gasteiger partial charge < -0.3 is 19.1 Å². The van der Waals surface area contributed by atoms with Crippen molar-refractivity contribution in [3.8, 4) is 12.1 Å². The summed E-state index contributed by atoms with van der Waals surface area (Å²) in [6, 6.07) is 3.79. The van der Waals surface area contributed by atoms with Gasteiger partial charge in [0, 0.05) is 23.5 Å². The molecule has 0 saturated heterocycles. The van der Waals surface area contributed by atoms with Gasteiger partial charge >= 0.3 is 10.4 Å². The minimum Gasteiger partial charge on any atom is -0.377 e. The van der Waals surface area contributed by atoms with E-state index in [1.165, 1.54) is 0 Å². The zero-order valence-corrected chi connectivity index (χ0v) is 17.3. The van der Waals surface area contributed by atoms with E-state index >= 15 is 0 Å². The normalized spacial score (nSPS) is 14.1. The average Bonchev–Trinajstić information content (AvgIpc) is 2.64. The Morgan fingerprint density at radius 1 is 0.931 bits per heavy atom. The van der Waals surface area contributed by atoms with E-state index in [-0.39, 0.29) is 25.4 Å². The van der Waals surface area contributed by atoms with Gasteiger partial charge in [-0.15, -0.1) is 0 Å². The molecule has 0 unspecified atom stereocenters. The van der Waals surface area contributed by atoms with Crippen molar-refractivity contribution < 1.29 is 31.4 Å². The van der Waals surface area contributed by atoms with Gasteiger partial charge in [-0.05, 0) is 26.0 Å². The lowest BCUT2D eigenvalue weighted by atomic mass is 10.0. The average molecular weight is 427 g/mol. The fraction of sp³-hybridized carbons (Fsp3) is 0.556. The molecule has 10 nitrogen and oxygen atoms in total. The lowest BCUT2D eigenvalue weighted by molar-refractivity contribution is 0.00763. The summed E-state index contributed by atoms with van der Waals surface area (Å²) in [4.78, 5) is 2.04. The van der Waals surface area contributed by atoms with Crippen LogP contribution in [0.25, 0.3) is 0 Å². The van der Waals surface area contributed by atoms with E-state index in [4.69, 9.17) is 29.3 Å². The van der Waals surface area contributed by atoms with Crippen LogP contribution in [0.15, 0.2) is 34.7 Å². The van der Waals surface area contributed by atoms with Gasteiger partial charge in [0.05, 0.1) is 46.2 Å². The lowest BCUT2D eigenvalue weighted by Gasteiger charge is -2.29. The largest absolute Gasteiger partial charge is 0.397 e. The summed E-state index contributed by atoms with van der Waals surface area (Å²) in [5.41, 5.74) is 2.56. The van der Waals surface area contributed by atoms with Gasteiger partial charge in [-0.3, -0.25) is 4.55 Å². The van der Waals surface area contributed by atoms with Crippen LogP contribution < -0.4 is 0 Å². The summed E-state index contributed by atoms with van der Waals surface area (Å²) in [5, 5.41) is 18.0. The molecule has 29 heavy (non-hydrogen) atoms. The SMILES string of the molecule is CC1=CC(=C(C#N)C#N)C=C(C)N1CCOCCOCCOCCOS(=O)(=O)O. The summed E-state index contributed by atoms with van der Waals surface area (Å²) in [6.45, 7) is 6.07. The monoisotopic (exact) mass is 427 g/mol. The van der Waals surface area contributed by atoms with Gasteiger partial charge in [-0.2, -0.15) is 18.9 Å². The number of rotatable bonds is 13. The van der Waals surface area contributed by atoms with Crippen molar-refractivity contribution in [1.29, 1.82) is 10.5 Å². The first kappa shape index (κ1) is 24.8. The smallest absolute Gasteiger partial charge is 0.377 e. The fourth-order valence-electron chi connectivity index (χ4n) is 2.47. The Hall–Kier alpha value is -2.25. The van der Waals surface area contributed by atoms with Crippen LogP contribution in [-0.2, 0) is 28.8 Å². The molecule has 0 aliphatic carbocycles. The lowest BCUT2D eigenvalue weighted by Crippen LogP contribution is -2.27. The minimum atomic E-state index is -4.42. The van der Waals surface area contributed by atoms with Gasteiger partial charge in [0.25, 0.3) is 0 Å². The van der Waals surface area contributed by atoms with Gasteiger partial charge in [-0.25, -0.2) is 4.18 Å². The second kappa shape index (κ2) is 13.1. The van der Waals surface area contributed by atoms with Crippen molar-refractivity contribution in [3.63, 3.8) is 0 Å². The third kappa shape index (κ3) is 10.2. The van der Waals surface area contributed by atoms with Crippen LogP contribution in [0, 0.1) is 22.7 Å². The Morgan fingerprint density at radius 2 is 1.38 bits per heavy atom. The van der Waals surface area contributed by atoms with Crippen LogP contribution in [0.1, 0.15) is 13.8 Å². The zero-order valence-electron chi connectivity index (χ0n) is 16.5. The standard InChI is InChI=1S/C18H25N3O7S/c1-15-11-17(18(13-19)14-20)12-16(2)21(15)3-4-25-5-6-26-7-8-27-9-10-28-29(22,23)24/h11-12H,3-10H2,1-2H3,(H,22,23,24). The maximum Gasteiger partial charge on any atom is 0.397 e. The Bertz CT molecular complexity index is 781. The molecule has 0 aromatic heterocycles. The second-order valence-corrected chi connectivity index (χ2v) is 6.96. The van der Waals surface area contributed by atoms with Crippen LogP contribution in [-0.4, -0.2) is 70.7 Å². The van der Waals surface area contributed by atoms with Crippen LogP contribution in [0.5, 0.6) is 0 Å². The van der Waals surface area contributed by atoms with Crippen LogP contribution in [0.2, 0.25) is 0 Å². The quantitative estimate of drug-likeness (QED) is 0.260. The third-order valence-corrected chi connectivity index (χ3v) is 4.22. The Morgan fingerprint density at radius 3 is 1.83 bits per heavy atom. The minimum absolute atomic E-state index is 0.0242. The molecule has 1 N–H and O–H groups in total. The summed E-state index contributed by atoms with van der Waals surface area (Å²) in [5.74, 6) is 0. The number of nitriles is 2. The molecule has 0 aromatic rings. The zero-order chi connectivity index (χ0) is 21.7. The molecule has 1 heterocycles. The molecule has 0 spiro atoms. The first-order chi connectivity index (χ1) is 13.8. The molecule has 0 amide bonds. The third-order valence-electron chi connectivity index (χ3n) is 3.76. The first-order valence-corrected chi connectivity index (χ1v) is 10.2. The van der Waals surface area contributed by atoms with Crippen molar-refractivity contribution in [2.75, 3.05) is 52.8 Å². The highest BCUT2D eigenvalue weighted by Gasteiger charge is 2.15. The number of ether oxygens (including phenoxy) is 3.